The third-order valence-corrected chi connectivity index (χ3v) is 1.48. The fraction of sp³-hybridized carbons (Fsp3) is 0. The maximum absolute atomic E-state index is 11.9. The van der Waals surface area contributed by atoms with Crippen LogP contribution in [0.3, 0.4) is 0 Å². The molecule has 13 heavy (non-hydrogen) atoms. The highest BCUT2D eigenvalue weighted by Gasteiger charge is 2.34. The van der Waals surface area contributed by atoms with Gasteiger partial charge in [-0.15, -0.1) is 0 Å². The SMILES string of the molecule is O=C(c1cccc(Cl)n1)[B-](F)(F)F. The van der Waals surface area contributed by atoms with Crippen molar-refractivity contribution in [1.82, 2.24) is 4.98 Å². The standard InChI is InChI=1S/C6H3BClF3NO/c8-5-3-1-2-4(12-5)6(13)7(9,10)11/h1-3H/q-1. The number of carbonyl (C=O) groups is 1. The van der Waals surface area contributed by atoms with Crippen molar-refractivity contribution >= 4 is 24.3 Å². The van der Waals surface area contributed by atoms with Crippen molar-refractivity contribution in [3.63, 3.8) is 0 Å². The van der Waals surface area contributed by atoms with E-state index >= 15 is 0 Å². The van der Waals surface area contributed by atoms with Gasteiger partial charge in [0.15, 0.2) is 0 Å². The normalized spacial score (nSPS) is 11.4. The topological polar surface area (TPSA) is 30.0 Å². The van der Waals surface area contributed by atoms with Gasteiger partial charge in [-0.3, -0.25) is 0 Å². The van der Waals surface area contributed by atoms with Crippen molar-refractivity contribution in [2.24, 2.45) is 0 Å². The van der Waals surface area contributed by atoms with E-state index in [4.69, 9.17) is 11.6 Å². The lowest BCUT2D eigenvalue weighted by Gasteiger charge is -2.11. The second-order valence-electron chi connectivity index (χ2n) is 2.28. The lowest BCUT2D eigenvalue weighted by molar-refractivity contribution is 0.102. The number of pyridine rings is 1. The zero-order valence-corrected chi connectivity index (χ0v) is 6.93. The fourth-order valence-electron chi connectivity index (χ4n) is 0.713. The highest BCUT2D eigenvalue weighted by Crippen LogP contribution is 2.16. The summed E-state index contributed by atoms with van der Waals surface area (Å²) in [6.45, 7) is -5.53. The molecule has 0 saturated heterocycles. The molecular formula is C6H3BClF3NO-. The second kappa shape index (κ2) is 3.37. The van der Waals surface area contributed by atoms with Gasteiger partial charge in [0.05, 0.1) is 5.69 Å². The van der Waals surface area contributed by atoms with Crippen molar-refractivity contribution in [2.75, 3.05) is 0 Å². The molecule has 0 aliphatic carbocycles. The fourth-order valence-corrected chi connectivity index (χ4v) is 0.877. The molecule has 70 valence electrons. The van der Waals surface area contributed by atoms with Gasteiger partial charge in [-0.2, -0.15) is 0 Å². The lowest BCUT2D eigenvalue weighted by Crippen LogP contribution is -2.30. The van der Waals surface area contributed by atoms with Gasteiger partial charge in [0.1, 0.15) is 10.8 Å². The molecular weight excluding hydrogens is 205 g/mol. The summed E-state index contributed by atoms with van der Waals surface area (Å²) >= 11 is 5.32. The van der Waals surface area contributed by atoms with E-state index in [0.29, 0.717) is 0 Å². The second-order valence-corrected chi connectivity index (χ2v) is 2.67. The van der Waals surface area contributed by atoms with E-state index in [2.05, 4.69) is 4.98 Å². The molecule has 0 fully saturated rings. The van der Waals surface area contributed by atoms with Crippen LogP contribution in [-0.2, 0) is 0 Å². The Morgan fingerprint density at radius 2 is 2.00 bits per heavy atom. The number of hydrogen-bond donors (Lipinski definition) is 0. The molecule has 0 bridgehead atoms. The molecule has 1 rings (SSSR count). The first-order valence-electron chi connectivity index (χ1n) is 3.28. The van der Waals surface area contributed by atoms with Crippen LogP contribution >= 0.6 is 11.6 Å². The molecule has 0 atom stereocenters. The van der Waals surface area contributed by atoms with E-state index in [0.717, 1.165) is 6.07 Å². The van der Waals surface area contributed by atoms with E-state index in [1.165, 1.54) is 12.1 Å². The highest BCUT2D eigenvalue weighted by atomic mass is 35.5. The molecule has 0 aliphatic heterocycles. The minimum atomic E-state index is -5.53. The van der Waals surface area contributed by atoms with E-state index in [1.807, 2.05) is 0 Å². The summed E-state index contributed by atoms with van der Waals surface area (Å²) in [5.41, 5.74) is -2.59. The Hall–Kier alpha value is -1.04. The van der Waals surface area contributed by atoms with Gasteiger partial charge in [0.25, 0.3) is 0 Å². The van der Waals surface area contributed by atoms with Crippen LogP contribution in [0.15, 0.2) is 18.2 Å². The third-order valence-electron chi connectivity index (χ3n) is 1.26. The molecule has 0 aromatic carbocycles. The number of aromatic nitrogens is 1. The number of hydrogen-bond acceptors (Lipinski definition) is 2. The number of halogens is 4. The largest absolute Gasteiger partial charge is 0.551 e. The summed E-state index contributed by atoms with van der Waals surface area (Å²) in [4.78, 5) is 13.9. The van der Waals surface area contributed by atoms with Gasteiger partial charge in [0.2, 0.25) is 0 Å². The minimum absolute atomic E-state index is 0.133. The molecule has 0 amide bonds. The van der Waals surface area contributed by atoms with Crippen LogP contribution in [0.4, 0.5) is 12.9 Å². The molecule has 0 saturated carbocycles. The van der Waals surface area contributed by atoms with E-state index < -0.39 is 18.4 Å². The Kier molecular flexibility index (Phi) is 2.61. The summed E-state index contributed by atoms with van der Waals surface area (Å²) in [5, 5.41) is -0.133. The van der Waals surface area contributed by atoms with Crippen LogP contribution in [0.2, 0.25) is 5.15 Å². The molecule has 7 heteroatoms. The Labute approximate surface area is 76.8 Å². The van der Waals surface area contributed by atoms with Crippen molar-refractivity contribution < 1.29 is 17.7 Å². The van der Waals surface area contributed by atoms with Crippen LogP contribution in [0.5, 0.6) is 0 Å². The summed E-state index contributed by atoms with van der Waals surface area (Å²) < 4.78 is 35.7. The maximum atomic E-state index is 11.9. The Bertz CT molecular complexity index is 341. The highest BCUT2D eigenvalue weighted by molar-refractivity contribution is 6.93. The molecule has 0 spiro atoms. The lowest BCUT2D eigenvalue weighted by atomic mass is 9.82. The summed E-state index contributed by atoms with van der Waals surface area (Å²) in [7, 11) is 0. The molecule has 1 heterocycles. The van der Waals surface area contributed by atoms with E-state index in [-0.39, 0.29) is 5.15 Å². The van der Waals surface area contributed by atoms with Crippen molar-refractivity contribution in [1.29, 1.82) is 0 Å². The van der Waals surface area contributed by atoms with Crippen molar-refractivity contribution in [3.8, 4) is 0 Å². The first-order chi connectivity index (χ1) is 5.91. The Morgan fingerprint density at radius 3 is 2.46 bits per heavy atom. The van der Waals surface area contributed by atoms with Gasteiger partial charge in [0, 0.05) is 0 Å². The quantitative estimate of drug-likeness (QED) is 0.551. The average Bonchev–Trinajstić information content (AvgIpc) is 2.01. The van der Waals surface area contributed by atoms with Crippen LogP contribution in [-0.4, -0.2) is 17.6 Å². The van der Waals surface area contributed by atoms with Crippen LogP contribution in [0, 0.1) is 0 Å². The molecule has 0 unspecified atom stereocenters. The maximum Gasteiger partial charge on any atom is 0.551 e. The zero-order chi connectivity index (χ0) is 10.1. The number of carbonyl (C=O) groups excluding carboxylic acids is 1. The van der Waals surface area contributed by atoms with E-state index in [9.17, 15) is 17.7 Å². The van der Waals surface area contributed by atoms with Crippen LogP contribution < -0.4 is 0 Å². The van der Waals surface area contributed by atoms with Gasteiger partial charge in [-0.05, 0) is 12.1 Å². The van der Waals surface area contributed by atoms with Gasteiger partial charge < -0.3 is 17.7 Å². The first kappa shape index (κ1) is 10.0. The molecule has 1 aromatic heterocycles. The van der Waals surface area contributed by atoms with Gasteiger partial charge in [-0.1, -0.05) is 17.7 Å². The third kappa shape index (κ3) is 2.45. The molecule has 1 aromatic rings. The van der Waals surface area contributed by atoms with Crippen LogP contribution in [0.1, 0.15) is 10.5 Å². The van der Waals surface area contributed by atoms with Crippen molar-refractivity contribution in [3.05, 3.63) is 29.0 Å². The molecule has 0 aliphatic rings. The predicted molar refractivity (Wildman–Crippen MR) is 42.7 cm³/mol. The zero-order valence-electron chi connectivity index (χ0n) is 6.18. The van der Waals surface area contributed by atoms with Gasteiger partial charge >= 0.3 is 6.98 Å². The summed E-state index contributed by atoms with van der Waals surface area (Å²) in [6, 6.07) is 3.51. The Balaban J connectivity index is 3.03. The molecule has 0 radical (unpaired) electrons. The minimum Gasteiger partial charge on any atom is -0.443 e. The Morgan fingerprint density at radius 1 is 1.38 bits per heavy atom. The number of nitrogens with zero attached hydrogens (tertiary/aromatic N) is 1. The smallest absolute Gasteiger partial charge is 0.443 e. The molecule has 2 nitrogen and oxygen atoms in total. The first-order valence-corrected chi connectivity index (χ1v) is 3.66. The summed E-state index contributed by atoms with van der Waals surface area (Å²) in [6.07, 6.45) is 0. The van der Waals surface area contributed by atoms with E-state index in [1.54, 1.807) is 0 Å². The molecule has 0 N–H and O–H groups in total. The van der Waals surface area contributed by atoms with Crippen LogP contribution in [0.25, 0.3) is 0 Å². The average molecular weight is 208 g/mol. The monoisotopic (exact) mass is 208 g/mol. The van der Waals surface area contributed by atoms with Gasteiger partial charge in [-0.25, -0.2) is 4.98 Å². The predicted octanol–water partition coefficient (Wildman–Crippen LogP) is 2.30. The summed E-state index contributed by atoms with van der Waals surface area (Å²) in [5.74, 6) is 0. The number of rotatable bonds is 2. The van der Waals surface area contributed by atoms with Crippen molar-refractivity contribution in [2.45, 2.75) is 0 Å².